The average molecular weight is 357 g/mol. The number of nitrogens with one attached hydrogen (secondary N) is 1. The Morgan fingerprint density at radius 2 is 1.69 bits per heavy atom. The van der Waals surface area contributed by atoms with Gasteiger partial charge in [-0.05, 0) is 32.9 Å². The van der Waals surface area contributed by atoms with Crippen LogP contribution >= 0.6 is 0 Å². The molecule has 0 saturated carbocycles. The van der Waals surface area contributed by atoms with Crippen molar-refractivity contribution in [1.82, 2.24) is 0 Å². The summed E-state index contributed by atoms with van der Waals surface area (Å²) in [7, 11) is 0. The second-order valence-corrected chi connectivity index (χ2v) is 5.53. The molecule has 0 aromatic heterocycles. The highest BCUT2D eigenvalue weighted by Crippen LogP contribution is 2.40. The van der Waals surface area contributed by atoms with E-state index in [0.29, 0.717) is 18.0 Å². The number of benzene rings is 2. The third-order valence-corrected chi connectivity index (χ3v) is 3.36. The van der Waals surface area contributed by atoms with Gasteiger partial charge in [0, 0.05) is 0 Å². The van der Waals surface area contributed by atoms with E-state index in [1.165, 1.54) is 12.1 Å². The van der Waals surface area contributed by atoms with E-state index in [1.807, 2.05) is 0 Å². The molecule has 0 heterocycles. The van der Waals surface area contributed by atoms with Crippen molar-refractivity contribution in [3.05, 3.63) is 47.0 Å². The van der Waals surface area contributed by atoms with Gasteiger partial charge in [0.25, 0.3) is 0 Å². The van der Waals surface area contributed by atoms with Gasteiger partial charge in [-0.3, -0.25) is 0 Å². The minimum atomic E-state index is -1.09. The SMILES string of the molecule is CCOc1ccccc1Nc1c(F)c(C#N)c(C#N)c(F)c1OC(C)C. The van der Waals surface area contributed by atoms with Crippen molar-refractivity contribution in [1.29, 1.82) is 10.5 Å². The van der Waals surface area contributed by atoms with Gasteiger partial charge < -0.3 is 14.8 Å². The van der Waals surface area contributed by atoms with Crippen molar-refractivity contribution in [2.75, 3.05) is 11.9 Å². The van der Waals surface area contributed by atoms with E-state index < -0.39 is 34.6 Å². The van der Waals surface area contributed by atoms with Crippen molar-refractivity contribution < 1.29 is 18.3 Å². The quantitative estimate of drug-likeness (QED) is 0.815. The summed E-state index contributed by atoms with van der Waals surface area (Å²) in [5.41, 5.74) is -1.37. The Morgan fingerprint density at radius 1 is 1.08 bits per heavy atom. The van der Waals surface area contributed by atoms with Crippen molar-refractivity contribution in [3.63, 3.8) is 0 Å². The van der Waals surface area contributed by atoms with Crippen LogP contribution in [0.3, 0.4) is 0 Å². The van der Waals surface area contributed by atoms with Crippen LogP contribution in [0.15, 0.2) is 24.3 Å². The van der Waals surface area contributed by atoms with Crippen LogP contribution in [-0.4, -0.2) is 12.7 Å². The molecule has 2 rings (SSSR count). The molecule has 0 fully saturated rings. The zero-order valence-corrected chi connectivity index (χ0v) is 14.6. The van der Waals surface area contributed by atoms with Crippen LogP contribution in [0.2, 0.25) is 0 Å². The molecule has 5 nitrogen and oxygen atoms in total. The molecule has 0 atom stereocenters. The normalized spacial score (nSPS) is 10.2. The lowest BCUT2D eigenvalue weighted by Gasteiger charge is -2.19. The smallest absolute Gasteiger partial charge is 0.186 e. The second-order valence-electron chi connectivity index (χ2n) is 5.53. The molecular weight excluding hydrogens is 340 g/mol. The summed E-state index contributed by atoms with van der Waals surface area (Å²) in [4.78, 5) is 0. The topological polar surface area (TPSA) is 78.1 Å². The van der Waals surface area contributed by atoms with Gasteiger partial charge >= 0.3 is 0 Å². The molecule has 1 N–H and O–H groups in total. The predicted octanol–water partition coefficient (Wildman–Crippen LogP) is 4.64. The molecular formula is C19H17F2N3O2. The van der Waals surface area contributed by atoms with Gasteiger partial charge in [-0.25, -0.2) is 8.78 Å². The van der Waals surface area contributed by atoms with E-state index in [4.69, 9.17) is 20.0 Å². The maximum absolute atomic E-state index is 14.9. The van der Waals surface area contributed by atoms with E-state index in [0.717, 1.165) is 0 Å². The molecule has 134 valence electrons. The van der Waals surface area contributed by atoms with Crippen LogP contribution in [0.5, 0.6) is 11.5 Å². The number of para-hydroxylation sites is 2. The number of nitrogens with zero attached hydrogens (tertiary/aromatic N) is 2. The number of anilines is 2. The summed E-state index contributed by atoms with van der Waals surface area (Å²) in [6.45, 7) is 5.45. The van der Waals surface area contributed by atoms with Gasteiger partial charge in [-0.15, -0.1) is 0 Å². The van der Waals surface area contributed by atoms with Crippen molar-refractivity contribution in [3.8, 4) is 23.6 Å². The Hall–Kier alpha value is -3.32. The molecule has 26 heavy (non-hydrogen) atoms. The molecule has 0 unspecified atom stereocenters. The molecule has 0 aliphatic heterocycles. The average Bonchev–Trinajstić information content (AvgIpc) is 2.61. The third kappa shape index (κ3) is 3.68. The molecule has 2 aromatic rings. The fourth-order valence-electron chi connectivity index (χ4n) is 2.32. The molecule has 2 aromatic carbocycles. The standard InChI is InChI=1S/C19H17F2N3O2/c1-4-25-15-8-6-5-7-14(15)24-18-16(20)12(9-22)13(10-23)17(21)19(18)26-11(2)3/h5-8,11,24H,4H2,1-3H3. The van der Waals surface area contributed by atoms with Gasteiger partial charge in [0.15, 0.2) is 17.4 Å². The molecule has 0 saturated heterocycles. The van der Waals surface area contributed by atoms with E-state index in [2.05, 4.69) is 5.32 Å². The van der Waals surface area contributed by atoms with Gasteiger partial charge in [0.1, 0.15) is 34.7 Å². The number of hydrogen-bond acceptors (Lipinski definition) is 5. The number of rotatable bonds is 6. The van der Waals surface area contributed by atoms with Gasteiger partial charge in [-0.2, -0.15) is 10.5 Å². The minimum absolute atomic E-state index is 0.362. The van der Waals surface area contributed by atoms with E-state index in [9.17, 15) is 8.78 Å². The lowest BCUT2D eigenvalue weighted by atomic mass is 10.0. The van der Waals surface area contributed by atoms with Gasteiger partial charge in [-0.1, -0.05) is 12.1 Å². The fourth-order valence-corrected chi connectivity index (χ4v) is 2.32. The Kier molecular flexibility index (Phi) is 5.98. The van der Waals surface area contributed by atoms with Crippen LogP contribution in [0.1, 0.15) is 31.9 Å². The van der Waals surface area contributed by atoms with E-state index in [-0.39, 0.29) is 5.69 Å². The highest BCUT2D eigenvalue weighted by atomic mass is 19.1. The summed E-state index contributed by atoms with van der Waals surface area (Å²) in [6.07, 6.45) is -0.480. The van der Waals surface area contributed by atoms with E-state index >= 15 is 0 Å². The molecule has 0 amide bonds. The zero-order chi connectivity index (χ0) is 19.3. The van der Waals surface area contributed by atoms with Crippen molar-refractivity contribution >= 4 is 11.4 Å². The number of ether oxygens (including phenoxy) is 2. The maximum atomic E-state index is 14.9. The Morgan fingerprint density at radius 3 is 2.27 bits per heavy atom. The lowest BCUT2D eigenvalue weighted by Crippen LogP contribution is -2.13. The molecule has 0 spiro atoms. The first-order valence-electron chi connectivity index (χ1n) is 7.95. The van der Waals surface area contributed by atoms with Crippen LogP contribution in [0, 0.1) is 34.3 Å². The predicted molar refractivity (Wildman–Crippen MR) is 92.4 cm³/mol. The summed E-state index contributed by atoms with van der Waals surface area (Å²) < 4.78 is 40.5. The summed E-state index contributed by atoms with van der Waals surface area (Å²) in [5, 5.41) is 21.0. The molecule has 7 heteroatoms. The van der Waals surface area contributed by atoms with Gasteiger partial charge in [0.05, 0.1) is 18.4 Å². The second kappa shape index (κ2) is 8.17. The zero-order valence-electron chi connectivity index (χ0n) is 14.6. The maximum Gasteiger partial charge on any atom is 0.186 e. The van der Waals surface area contributed by atoms with Crippen LogP contribution in [0.25, 0.3) is 0 Å². The van der Waals surface area contributed by atoms with Crippen LogP contribution in [-0.2, 0) is 0 Å². The van der Waals surface area contributed by atoms with Crippen molar-refractivity contribution in [2.45, 2.75) is 26.9 Å². The lowest BCUT2D eigenvalue weighted by molar-refractivity contribution is 0.231. The Bertz CT molecular complexity index is 899. The van der Waals surface area contributed by atoms with Crippen LogP contribution in [0.4, 0.5) is 20.2 Å². The molecule has 0 bridgehead atoms. The minimum Gasteiger partial charge on any atom is -0.492 e. The van der Waals surface area contributed by atoms with Gasteiger partial charge in [0.2, 0.25) is 0 Å². The first kappa shape index (κ1) is 19.0. The Balaban J connectivity index is 2.70. The number of halogens is 2. The molecule has 0 aliphatic rings. The monoisotopic (exact) mass is 357 g/mol. The summed E-state index contributed by atoms with van der Waals surface area (Å²) in [5.74, 6) is -2.18. The highest BCUT2D eigenvalue weighted by Gasteiger charge is 2.27. The Labute approximate surface area is 150 Å². The van der Waals surface area contributed by atoms with Crippen LogP contribution < -0.4 is 14.8 Å². The third-order valence-electron chi connectivity index (χ3n) is 3.36. The summed E-state index contributed by atoms with van der Waals surface area (Å²) >= 11 is 0. The summed E-state index contributed by atoms with van der Waals surface area (Å²) in [6, 6.07) is 9.77. The van der Waals surface area contributed by atoms with Crippen molar-refractivity contribution in [2.24, 2.45) is 0 Å². The largest absolute Gasteiger partial charge is 0.492 e. The molecule has 0 aliphatic carbocycles. The number of hydrogen-bond donors (Lipinski definition) is 1. The number of nitriles is 2. The first-order chi connectivity index (χ1) is 12.4. The highest BCUT2D eigenvalue weighted by molar-refractivity contribution is 5.75. The molecule has 0 radical (unpaired) electrons. The fraction of sp³-hybridized carbons (Fsp3) is 0.263. The van der Waals surface area contributed by atoms with E-state index in [1.54, 1.807) is 45.0 Å². The first-order valence-corrected chi connectivity index (χ1v) is 7.95.